The summed E-state index contributed by atoms with van der Waals surface area (Å²) >= 11 is 0. The molecule has 142 valence electrons. The molecule has 2 rings (SSSR count). The van der Waals surface area contributed by atoms with E-state index in [-0.39, 0.29) is 17.7 Å². The number of guanidine groups is 1. The maximum atomic E-state index is 12.0. The molecule has 0 aromatic carbocycles. The molecule has 0 aromatic rings. The molecule has 2 aliphatic rings. The van der Waals surface area contributed by atoms with E-state index in [1.807, 2.05) is 11.8 Å². The number of likely N-dealkylation sites (tertiary alicyclic amines) is 1. The summed E-state index contributed by atoms with van der Waals surface area (Å²) in [5.74, 6) is 1.48. The minimum absolute atomic E-state index is 0.172. The minimum atomic E-state index is 0.172. The Hall–Kier alpha value is -1.79. The molecule has 0 aromatic heterocycles. The van der Waals surface area contributed by atoms with Gasteiger partial charge in [-0.25, -0.2) is 0 Å². The molecule has 25 heavy (non-hydrogen) atoms. The SMILES string of the molecule is CCNC(=NCCCN1CCCCCC1=O)NCCNC(=O)C1CC1. The Morgan fingerprint density at radius 1 is 1.16 bits per heavy atom. The van der Waals surface area contributed by atoms with Gasteiger partial charge >= 0.3 is 0 Å². The van der Waals surface area contributed by atoms with E-state index in [9.17, 15) is 9.59 Å². The van der Waals surface area contributed by atoms with Gasteiger partial charge in [-0.3, -0.25) is 14.6 Å². The molecule has 3 N–H and O–H groups in total. The monoisotopic (exact) mass is 351 g/mol. The van der Waals surface area contributed by atoms with Gasteiger partial charge in [-0.05, 0) is 39.0 Å². The summed E-state index contributed by atoms with van der Waals surface area (Å²) in [7, 11) is 0. The zero-order valence-corrected chi connectivity index (χ0v) is 15.5. The Kier molecular flexibility index (Phi) is 8.55. The average Bonchev–Trinajstić information content (AvgIpc) is 3.44. The van der Waals surface area contributed by atoms with Gasteiger partial charge in [0.25, 0.3) is 0 Å². The van der Waals surface area contributed by atoms with Crippen LogP contribution < -0.4 is 16.0 Å². The van der Waals surface area contributed by atoms with Crippen molar-refractivity contribution in [2.24, 2.45) is 10.9 Å². The molecule has 1 aliphatic carbocycles. The Balaban J connectivity index is 1.62. The van der Waals surface area contributed by atoms with Crippen LogP contribution in [0.4, 0.5) is 0 Å². The minimum Gasteiger partial charge on any atom is -0.357 e. The van der Waals surface area contributed by atoms with Crippen LogP contribution >= 0.6 is 0 Å². The van der Waals surface area contributed by atoms with Crippen LogP contribution in [0.1, 0.15) is 51.9 Å². The molecule has 0 radical (unpaired) electrons. The second kappa shape index (κ2) is 10.9. The summed E-state index contributed by atoms with van der Waals surface area (Å²) in [6.07, 6.45) is 6.93. The van der Waals surface area contributed by atoms with Crippen molar-refractivity contribution in [3.63, 3.8) is 0 Å². The summed E-state index contributed by atoms with van der Waals surface area (Å²) in [5, 5.41) is 9.38. The summed E-state index contributed by atoms with van der Waals surface area (Å²) in [6, 6.07) is 0. The van der Waals surface area contributed by atoms with E-state index in [1.165, 1.54) is 0 Å². The lowest BCUT2D eigenvalue weighted by molar-refractivity contribution is -0.130. The number of carbonyl (C=O) groups is 2. The van der Waals surface area contributed by atoms with Gasteiger partial charge in [0.15, 0.2) is 5.96 Å². The standard InChI is InChI=1S/C18H33N5O2/c1-2-19-18(22-12-11-20-17(25)15-8-9-15)21-10-6-14-23-13-5-3-4-7-16(23)24/h15H,2-14H2,1H3,(H,20,25)(H2,19,21,22). The van der Waals surface area contributed by atoms with Gasteiger partial charge in [0.05, 0.1) is 0 Å². The molecule has 2 fully saturated rings. The van der Waals surface area contributed by atoms with Gasteiger partial charge in [-0.15, -0.1) is 0 Å². The largest absolute Gasteiger partial charge is 0.357 e. The average molecular weight is 351 g/mol. The van der Waals surface area contributed by atoms with Crippen LogP contribution in [-0.4, -0.2) is 61.9 Å². The third kappa shape index (κ3) is 7.75. The zero-order valence-electron chi connectivity index (χ0n) is 15.5. The van der Waals surface area contributed by atoms with Crippen LogP contribution in [0.15, 0.2) is 4.99 Å². The zero-order chi connectivity index (χ0) is 17.9. The van der Waals surface area contributed by atoms with Crippen molar-refractivity contribution >= 4 is 17.8 Å². The highest BCUT2D eigenvalue weighted by molar-refractivity contribution is 5.81. The first-order valence-electron chi connectivity index (χ1n) is 9.78. The van der Waals surface area contributed by atoms with Crippen molar-refractivity contribution in [2.45, 2.75) is 51.9 Å². The van der Waals surface area contributed by atoms with Crippen LogP contribution in [0.3, 0.4) is 0 Å². The highest BCUT2D eigenvalue weighted by Crippen LogP contribution is 2.28. The molecular weight excluding hydrogens is 318 g/mol. The van der Waals surface area contributed by atoms with E-state index >= 15 is 0 Å². The summed E-state index contributed by atoms with van der Waals surface area (Å²) in [6.45, 7) is 6.47. The van der Waals surface area contributed by atoms with Crippen molar-refractivity contribution in [3.8, 4) is 0 Å². The lowest BCUT2D eigenvalue weighted by atomic mass is 10.2. The molecule has 7 heteroatoms. The van der Waals surface area contributed by atoms with Crippen molar-refractivity contribution < 1.29 is 9.59 Å². The number of carbonyl (C=O) groups excluding carboxylic acids is 2. The van der Waals surface area contributed by atoms with Crippen LogP contribution in [-0.2, 0) is 9.59 Å². The van der Waals surface area contributed by atoms with E-state index in [4.69, 9.17) is 0 Å². The lowest BCUT2D eigenvalue weighted by Gasteiger charge is -2.20. The molecule has 0 unspecified atom stereocenters. The van der Waals surface area contributed by atoms with Crippen LogP contribution in [0.2, 0.25) is 0 Å². The molecule has 1 saturated carbocycles. The molecular formula is C18H33N5O2. The molecule has 1 aliphatic heterocycles. The van der Waals surface area contributed by atoms with Crippen LogP contribution in [0.25, 0.3) is 0 Å². The summed E-state index contributed by atoms with van der Waals surface area (Å²) in [5.41, 5.74) is 0. The first kappa shape index (κ1) is 19.5. The number of amides is 2. The van der Waals surface area contributed by atoms with Gasteiger partial charge in [0.1, 0.15) is 0 Å². The Morgan fingerprint density at radius 3 is 2.72 bits per heavy atom. The van der Waals surface area contributed by atoms with E-state index in [0.717, 1.165) is 64.1 Å². The summed E-state index contributed by atoms with van der Waals surface area (Å²) in [4.78, 5) is 30.1. The van der Waals surface area contributed by atoms with E-state index in [2.05, 4.69) is 20.9 Å². The first-order chi connectivity index (χ1) is 12.2. The third-order valence-electron chi connectivity index (χ3n) is 4.54. The van der Waals surface area contributed by atoms with Gasteiger partial charge < -0.3 is 20.9 Å². The van der Waals surface area contributed by atoms with E-state index in [1.54, 1.807) is 0 Å². The molecule has 2 amide bonds. The van der Waals surface area contributed by atoms with Gasteiger partial charge in [0, 0.05) is 51.6 Å². The molecule has 0 bridgehead atoms. The predicted molar refractivity (Wildman–Crippen MR) is 99.4 cm³/mol. The smallest absolute Gasteiger partial charge is 0.223 e. The molecule has 7 nitrogen and oxygen atoms in total. The van der Waals surface area contributed by atoms with Crippen LogP contribution in [0.5, 0.6) is 0 Å². The normalized spacial score (nSPS) is 18.7. The number of hydrogen-bond acceptors (Lipinski definition) is 3. The van der Waals surface area contributed by atoms with Crippen molar-refractivity contribution in [3.05, 3.63) is 0 Å². The predicted octanol–water partition coefficient (Wildman–Crippen LogP) is 0.860. The lowest BCUT2D eigenvalue weighted by Crippen LogP contribution is -2.42. The molecule has 0 spiro atoms. The van der Waals surface area contributed by atoms with Crippen molar-refractivity contribution in [1.29, 1.82) is 0 Å². The molecule has 1 heterocycles. The maximum absolute atomic E-state index is 12.0. The topological polar surface area (TPSA) is 85.8 Å². The van der Waals surface area contributed by atoms with Crippen molar-refractivity contribution in [2.75, 3.05) is 39.3 Å². The fourth-order valence-electron chi connectivity index (χ4n) is 2.93. The quantitative estimate of drug-likeness (QED) is 0.327. The number of nitrogens with one attached hydrogen (secondary N) is 3. The fraction of sp³-hybridized carbons (Fsp3) is 0.833. The number of hydrogen-bond donors (Lipinski definition) is 3. The van der Waals surface area contributed by atoms with Gasteiger partial charge in [0.2, 0.25) is 11.8 Å². The Bertz CT molecular complexity index is 462. The maximum Gasteiger partial charge on any atom is 0.223 e. The third-order valence-corrected chi connectivity index (χ3v) is 4.54. The number of rotatable bonds is 9. The number of aliphatic imine (C=N–C) groups is 1. The highest BCUT2D eigenvalue weighted by Gasteiger charge is 2.28. The van der Waals surface area contributed by atoms with Gasteiger partial charge in [-0.1, -0.05) is 6.42 Å². The second-order valence-electron chi connectivity index (χ2n) is 6.80. The Morgan fingerprint density at radius 2 is 1.96 bits per heavy atom. The second-order valence-corrected chi connectivity index (χ2v) is 6.80. The summed E-state index contributed by atoms with van der Waals surface area (Å²) < 4.78 is 0. The first-order valence-corrected chi connectivity index (χ1v) is 9.78. The van der Waals surface area contributed by atoms with Crippen LogP contribution in [0, 0.1) is 5.92 Å². The highest BCUT2D eigenvalue weighted by atomic mass is 16.2. The Labute approximate surface area is 151 Å². The molecule has 0 atom stereocenters. The fourth-order valence-corrected chi connectivity index (χ4v) is 2.93. The van der Waals surface area contributed by atoms with Gasteiger partial charge in [-0.2, -0.15) is 0 Å². The van der Waals surface area contributed by atoms with Crippen molar-refractivity contribution in [1.82, 2.24) is 20.9 Å². The van der Waals surface area contributed by atoms with E-state index in [0.29, 0.717) is 26.1 Å². The molecule has 1 saturated heterocycles. The van der Waals surface area contributed by atoms with E-state index < -0.39 is 0 Å². The number of nitrogens with zero attached hydrogens (tertiary/aromatic N) is 2.